The van der Waals surface area contributed by atoms with Gasteiger partial charge in [0, 0.05) is 21.6 Å². The zero-order valence-corrected chi connectivity index (χ0v) is 18.7. The molecule has 2 aromatic carbocycles. The Bertz CT molecular complexity index is 1260. The zero-order valence-electron chi connectivity index (χ0n) is 17.8. The Morgan fingerprint density at radius 1 is 0.788 bits per heavy atom. The van der Waals surface area contributed by atoms with E-state index in [0.717, 1.165) is 24.8 Å². The third-order valence-corrected chi connectivity index (χ3v) is 6.84. The smallest absolute Gasteiger partial charge is 0.279 e. The number of hydrogen-bond donors (Lipinski definition) is 2. The standard InChI is InChI=1S/C25H22N4O3S/c30-22(26-27-23(31)21-15-19-9-5-2-6-10-20(19)33-21)16-11-13-18(14-12-16)25-29-28-24(32-25)17-7-3-1-4-8-17/h1,3-4,7-8,11-15H,2,5-6,9-10H2,(H,26,30)(H,27,31). The Balaban J connectivity index is 1.20. The molecule has 1 aliphatic rings. The number of nitrogens with one attached hydrogen (secondary N) is 2. The minimum Gasteiger partial charge on any atom is -0.416 e. The molecule has 0 radical (unpaired) electrons. The molecule has 0 saturated heterocycles. The van der Waals surface area contributed by atoms with Crippen molar-refractivity contribution in [3.05, 3.63) is 81.5 Å². The van der Waals surface area contributed by atoms with Crippen molar-refractivity contribution in [1.82, 2.24) is 21.0 Å². The van der Waals surface area contributed by atoms with E-state index < -0.39 is 5.91 Å². The van der Waals surface area contributed by atoms with Crippen molar-refractivity contribution >= 4 is 23.2 Å². The molecule has 0 aliphatic heterocycles. The normalized spacial score (nSPS) is 13.1. The number of aromatic nitrogens is 2. The van der Waals surface area contributed by atoms with E-state index in [2.05, 4.69) is 21.0 Å². The molecule has 8 heteroatoms. The summed E-state index contributed by atoms with van der Waals surface area (Å²) in [6, 6.07) is 18.2. The highest BCUT2D eigenvalue weighted by molar-refractivity contribution is 7.14. The van der Waals surface area contributed by atoms with Crippen molar-refractivity contribution in [1.29, 1.82) is 0 Å². The molecule has 2 heterocycles. The van der Waals surface area contributed by atoms with Gasteiger partial charge in [0.2, 0.25) is 11.8 Å². The Kier molecular flexibility index (Phi) is 5.99. The third-order valence-electron chi connectivity index (χ3n) is 5.60. The van der Waals surface area contributed by atoms with Crippen molar-refractivity contribution in [2.24, 2.45) is 0 Å². The molecule has 0 unspecified atom stereocenters. The molecule has 0 spiro atoms. The summed E-state index contributed by atoms with van der Waals surface area (Å²) in [6.45, 7) is 0. The summed E-state index contributed by atoms with van der Waals surface area (Å²) >= 11 is 1.52. The van der Waals surface area contributed by atoms with Crippen molar-refractivity contribution in [2.75, 3.05) is 0 Å². The molecule has 0 saturated carbocycles. The molecule has 2 N–H and O–H groups in total. The summed E-state index contributed by atoms with van der Waals surface area (Å²) in [6.07, 6.45) is 5.61. The second kappa shape index (κ2) is 9.38. The molecule has 5 rings (SSSR count). The lowest BCUT2D eigenvalue weighted by atomic mass is 10.1. The first-order chi connectivity index (χ1) is 16.2. The number of amides is 2. The molecular formula is C25H22N4O3S. The van der Waals surface area contributed by atoms with E-state index in [9.17, 15) is 9.59 Å². The van der Waals surface area contributed by atoms with E-state index in [1.807, 2.05) is 36.4 Å². The minimum absolute atomic E-state index is 0.294. The van der Waals surface area contributed by atoms with Gasteiger partial charge in [0.05, 0.1) is 4.88 Å². The van der Waals surface area contributed by atoms with Crippen LogP contribution in [-0.4, -0.2) is 22.0 Å². The van der Waals surface area contributed by atoms with Gasteiger partial charge in [0.25, 0.3) is 11.8 Å². The van der Waals surface area contributed by atoms with Gasteiger partial charge in [-0.3, -0.25) is 20.4 Å². The van der Waals surface area contributed by atoms with Crippen LogP contribution in [0.3, 0.4) is 0 Å². The monoisotopic (exact) mass is 458 g/mol. The van der Waals surface area contributed by atoms with Crippen LogP contribution in [0, 0.1) is 0 Å². The summed E-state index contributed by atoms with van der Waals surface area (Å²) in [4.78, 5) is 26.9. The SMILES string of the molecule is O=C(NNC(=O)c1cc2c(s1)CCCCC2)c1ccc(-c2nnc(-c3ccccc3)o2)cc1. The number of rotatable bonds is 4. The number of hydrazine groups is 1. The highest BCUT2D eigenvalue weighted by Gasteiger charge is 2.17. The topological polar surface area (TPSA) is 97.1 Å². The van der Waals surface area contributed by atoms with E-state index >= 15 is 0 Å². The number of nitrogens with zero attached hydrogens (tertiary/aromatic N) is 2. The van der Waals surface area contributed by atoms with Crippen LogP contribution in [0.1, 0.15) is 49.7 Å². The van der Waals surface area contributed by atoms with Gasteiger partial charge >= 0.3 is 0 Å². The predicted molar refractivity (Wildman–Crippen MR) is 126 cm³/mol. The predicted octanol–water partition coefficient (Wildman–Crippen LogP) is 4.81. The Morgan fingerprint density at radius 3 is 2.21 bits per heavy atom. The molecule has 33 heavy (non-hydrogen) atoms. The summed E-state index contributed by atoms with van der Waals surface area (Å²) in [7, 11) is 0. The molecule has 1 aliphatic carbocycles. The third kappa shape index (κ3) is 4.70. The average molecular weight is 459 g/mol. The molecule has 0 bridgehead atoms. The van der Waals surface area contributed by atoms with Crippen LogP contribution < -0.4 is 10.9 Å². The maximum absolute atomic E-state index is 12.5. The highest BCUT2D eigenvalue weighted by Crippen LogP contribution is 2.29. The number of carbonyl (C=O) groups is 2. The molecule has 2 aromatic heterocycles. The number of carbonyl (C=O) groups excluding carboxylic acids is 2. The largest absolute Gasteiger partial charge is 0.416 e. The number of thiophene rings is 1. The van der Waals surface area contributed by atoms with Crippen LogP contribution >= 0.6 is 11.3 Å². The quantitative estimate of drug-likeness (QED) is 0.338. The average Bonchev–Trinajstić information content (AvgIpc) is 3.46. The van der Waals surface area contributed by atoms with Gasteiger partial charge in [-0.05, 0) is 73.7 Å². The first kappa shape index (κ1) is 21.1. The van der Waals surface area contributed by atoms with E-state index in [1.54, 1.807) is 24.3 Å². The van der Waals surface area contributed by atoms with Gasteiger partial charge in [0.1, 0.15) is 0 Å². The van der Waals surface area contributed by atoms with Crippen molar-refractivity contribution < 1.29 is 14.0 Å². The van der Waals surface area contributed by atoms with Gasteiger partial charge < -0.3 is 4.42 Å². The van der Waals surface area contributed by atoms with Crippen LogP contribution in [-0.2, 0) is 12.8 Å². The van der Waals surface area contributed by atoms with Gasteiger partial charge in [0.15, 0.2) is 0 Å². The minimum atomic E-state index is -0.400. The lowest BCUT2D eigenvalue weighted by Gasteiger charge is -2.06. The maximum atomic E-state index is 12.5. The highest BCUT2D eigenvalue weighted by atomic mass is 32.1. The van der Waals surface area contributed by atoms with E-state index in [1.165, 1.54) is 34.6 Å². The lowest BCUT2D eigenvalue weighted by molar-refractivity contribution is 0.0849. The number of benzene rings is 2. The maximum Gasteiger partial charge on any atom is 0.279 e. The van der Waals surface area contributed by atoms with Crippen molar-refractivity contribution in [2.45, 2.75) is 32.1 Å². The summed E-state index contributed by atoms with van der Waals surface area (Å²) in [5.74, 6) is 0.105. The van der Waals surface area contributed by atoms with E-state index in [0.29, 0.717) is 27.8 Å². The first-order valence-corrected chi connectivity index (χ1v) is 11.7. The Morgan fingerprint density at radius 2 is 1.45 bits per heavy atom. The molecule has 0 fully saturated rings. The summed E-state index contributed by atoms with van der Waals surface area (Å²) in [5, 5.41) is 8.18. The fourth-order valence-electron chi connectivity index (χ4n) is 3.83. The van der Waals surface area contributed by atoms with Gasteiger partial charge in [-0.15, -0.1) is 21.5 Å². The van der Waals surface area contributed by atoms with Crippen LogP contribution in [0.2, 0.25) is 0 Å². The number of hydrogen-bond acceptors (Lipinski definition) is 6. The van der Waals surface area contributed by atoms with Crippen molar-refractivity contribution in [3.63, 3.8) is 0 Å². The molecule has 4 aromatic rings. The summed E-state index contributed by atoms with van der Waals surface area (Å²) < 4.78 is 5.75. The molecule has 7 nitrogen and oxygen atoms in total. The first-order valence-electron chi connectivity index (χ1n) is 10.9. The summed E-state index contributed by atoms with van der Waals surface area (Å²) in [5.41, 5.74) is 8.22. The van der Waals surface area contributed by atoms with Crippen LogP contribution in [0.25, 0.3) is 22.9 Å². The fourth-order valence-corrected chi connectivity index (χ4v) is 4.98. The second-order valence-electron chi connectivity index (χ2n) is 7.88. The van der Waals surface area contributed by atoms with Gasteiger partial charge in [-0.25, -0.2) is 0 Å². The van der Waals surface area contributed by atoms with E-state index in [4.69, 9.17) is 4.42 Å². The molecule has 2 amide bonds. The van der Waals surface area contributed by atoms with Gasteiger partial charge in [-0.2, -0.15) is 0 Å². The Labute approximate surface area is 194 Å². The second-order valence-corrected chi connectivity index (χ2v) is 9.02. The molecule has 166 valence electrons. The van der Waals surface area contributed by atoms with Crippen LogP contribution in [0.15, 0.2) is 65.1 Å². The van der Waals surface area contributed by atoms with Crippen LogP contribution in [0.4, 0.5) is 0 Å². The number of fused-ring (bicyclic) bond motifs is 1. The van der Waals surface area contributed by atoms with Crippen LogP contribution in [0.5, 0.6) is 0 Å². The Hall–Kier alpha value is -3.78. The molecule has 0 atom stereocenters. The zero-order chi connectivity index (χ0) is 22.6. The number of aryl methyl sites for hydroxylation is 2. The fraction of sp³-hybridized carbons (Fsp3) is 0.200. The lowest BCUT2D eigenvalue weighted by Crippen LogP contribution is -2.41. The van der Waals surface area contributed by atoms with E-state index in [-0.39, 0.29) is 5.91 Å². The molecular weight excluding hydrogens is 436 g/mol. The van der Waals surface area contributed by atoms with Gasteiger partial charge in [-0.1, -0.05) is 24.6 Å². The van der Waals surface area contributed by atoms with Crippen molar-refractivity contribution in [3.8, 4) is 22.9 Å².